The van der Waals surface area contributed by atoms with Crippen LogP contribution in [0, 0.1) is 3.57 Å². The number of carbonyl (C=O) groups is 1. The Labute approximate surface area is 115 Å². The fourth-order valence-corrected chi connectivity index (χ4v) is 2.54. The first-order valence-corrected chi connectivity index (χ1v) is 6.75. The molecule has 1 amide bonds. The molecule has 0 spiro atoms. The van der Waals surface area contributed by atoms with Crippen molar-refractivity contribution < 1.29 is 9.53 Å². The molecule has 2 heterocycles. The summed E-state index contributed by atoms with van der Waals surface area (Å²) in [5.41, 5.74) is 0.747. The van der Waals surface area contributed by atoms with Gasteiger partial charge in [0.2, 0.25) is 0 Å². The minimum absolute atomic E-state index is 0.222. The number of amides is 1. The highest BCUT2D eigenvalue weighted by atomic mass is 127. The molecule has 0 N–H and O–H groups in total. The van der Waals surface area contributed by atoms with Gasteiger partial charge in [-0.3, -0.25) is 0 Å². The molecule has 94 valence electrons. The molecular weight excluding hydrogens is 331 g/mol. The lowest BCUT2D eigenvalue weighted by atomic mass is 10.2. The van der Waals surface area contributed by atoms with Crippen LogP contribution in [0.3, 0.4) is 0 Å². The summed E-state index contributed by atoms with van der Waals surface area (Å²) in [4.78, 5) is 13.7. The quantitative estimate of drug-likeness (QED) is 0.676. The molecule has 0 fully saturated rings. The van der Waals surface area contributed by atoms with E-state index < -0.39 is 5.60 Å². The highest BCUT2D eigenvalue weighted by Gasteiger charge is 2.25. The fourth-order valence-electron chi connectivity index (χ4n) is 1.84. The molecule has 0 bridgehead atoms. The van der Waals surface area contributed by atoms with Gasteiger partial charge in [-0.05, 0) is 49.4 Å². The second kappa shape index (κ2) is 4.51. The van der Waals surface area contributed by atoms with Crippen LogP contribution in [0.15, 0.2) is 12.3 Å². The molecule has 0 saturated heterocycles. The Morgan fingerprint density at radius 1 is 1.41 bits per heavy atom. The average molecular weight is 348 g/mol. The summed E-state index contributed by atoms with van der Waals surface area (Å²) in [5, 5.41) is 0. The first-order valence-electron chi connectivity index (χ1n) is 5.68. The first kappa shape index (κ1) is 12.7. The molecule has 0 saturated carbocycles. The van der Waals surface area contributed by atoms with E-state index in [4.69, 9.17) is 4.74 Å². The second-order valence-corrected chi connectivity index (χ2v) is 6.49. The maximum absolute atomic E-state index is 11.9. The lowest BCUT2D eigenvalue weighted by Gasteiger charge is -2.30. The zero-order valence-electron chi connectivity index (χ0n) is 10.4. The van der Waals surface area contributed by atoms with Crippen LogP contribution in [0.5, 0.6) is 0 Å². The van der Waals surface area contributed by atoms with Gasteiger partial charge < -0.3 is 14.2 Å². The van der Waals surface area contributed by atoms with Gasteiger partial charge in [0.15, 0.2) is 0 Å². The van der Waals surface area contributed by atoms with Crippen molar-refractivity contribution in [3.8, 4) is 0 Å². The van der Waals surface area contributed by atoms with Gasteiger partial charge in [-0.15, -0.1) is 0 Å². The monoisotopic (exact) mass is 348 g/mol. The number of aromatic nitrogens is 1. The van der Waals surface area contributed by atoms with E-state index in [1.165, 1.54) is 9.26 Å². The largest absolute Gasteiger partial charge is 0.444 e. The van der Waals surface area contributed by atoms with Crippen LogP contribution in [0.25, 0.3) is 0 Å². The van der Waals surface area contributed by atoms with Gasteiger partial charge in [0.05, 0.1) is 6.54 Å². The molecule has 0 aromatic carbocycles. The minimum Gasteiger partial charge on any atom is -0.444 e. The predicted molar refractivity (Wildman–Crippen MR) is 73.8 cm³/mol. The van der Waals surface area contributed by atoms with Gasteiger partial charge in [-0.2, -0.15) is 0 Å². The van der Waals surface area contributed by atoms with Crippen LogP contribution in [0.4, 0.5) is 4.79 Å². The van der Waals surface area contributed by atoms with E-state index in [2.05, 4.69) is 39.4 Å². The molecular formula is C12H17IN2O2. The zero-order chi connectivity index (χ0) is 12.6. The molecule has 0 unspecified atom stereocenters. The first-order chi connectivity index (χ1) is 7.85. The maximum Gasteiger partial charge on any atom is 0.410 e. The van der Waals surface area contributed by atoms with Crippen LogP contribution in [0.2, 0.25) is 0 Å². The minimum atomic E-state index is -0.426. The van der Waals surface area contributed by atoms with Crippen molar-refractivity contribution in [2.75, 3.05) is 6.54 Å². The third kappa shape index (κ3) is 3.14. The van der Waals surface area contributed by atoms with Gasteiger partial charge in [-0.1, -0.05) is 0 Å². The fraction of sp³-hybridized carbons (Fsp3) is 0.583. The number of fused-ring (bicyclic) bond motifs is 1. The number of hydrogen-bond donors (Lipinski definition) is 0. The lowest BCUT2D eigenvalue weighted by molar-refractivity contribution is 0.0199. The van der Waals surface area contributed by atoms with E-state index in [1.807, 2.05) is 20.8 Å². The topological polar surface area (TPSA) is 34.5 Å². The normalized spacial score (nSPS) is 15.6. The summed E-state index contributed by atoms with van der Waals surface area (Å²) in [5.74, 6) is 0. The van der Waals surface area contributed by atoms with E-state index in [0.29, 0.717) is 13.1 Å². The van der Waals surface area contributed by atoms with Crippen LogP contribution < -0.4 is 0 Å². The Balaban J connectivity index is 2.05. The number of hydrogen-bond acceptors (Lipinski definition) is 2. The lowest BCUT2D eigenvalue weighted by Crippen LogP contribution is -2.41. The van der Waals surface area contributed by atoms with Crippen molar-refractivity contribution in [2.45, 2.75) is 39.5 Å². The van der Waals surface area contributed by atoms with Gasteiger partial charge in [0.25, 0.3) is 0 Å². The molecule has 0 atom stereocenters. The third-order valence-electron chi connectivity index (χ3n) is 2.57. The van der Waals surface area contributed by atoms with Crippen molar-refractivity contribution in [1.82, 2.24) is 9.47 Å². The molecule has 1 aliphatic heterocycles. The van der Waals surface area contributed by atoms with Gasteiger partial charge in [0, 0.05) is 28.6 Å². The van der Waals surface area contributed by atoms with E-state index >= 15 is 0 Å². The van der Waals surface area contributed by atoms with Crippen molar-refractivity contribution in [1.29, 1.82) is 0 Å². The van der Waals surface area contributed by atoms with Crippen molar-refractivity contribution in [3.05, 3.63) is 21.5 Å². The van der Waals surface area contributed by atoms with Crippen molar-refractivity contribution in [2.24, 2.45) is 0 Å². The summed E-state index contributed by atoms with van der Waals surface area (Å²) in [7, 11) is 0. The smallest absolute Gasteiger partial charge is 0.410 e. The Hall–Kier alpha value is -0.720. The Kier molecular flexibility index (Phi) is 3.38. The van der Waals surface area contributed by atoms with E-state index in [9.17, 15) is 4.79 Å². The summed E-state index contributed by atoms with van der Waals surface area (Å²) in [6.07, 6.45) is 1.89. The predicted octanol–water partition coefficient (Wildman–Crippen LogP) is 2.84. The molecule has 1 aromatic rings. The Bertz CT molecular complexity index is 434. The van der Waals surface area contributed by atoms with Crippen LogP contribution in [-0.2, 0) is 17.8 Å². The average Bonchev–Trinajstić information content (AvgIpc) is 2.53. The van der Waals surface area contributed by atoms with Crippen LogP contribution >= 0.6 is 22.6 Å². The third-order valence-corrected chi connectivity index (χ3v) is 3.16. The molecule has 0 radical (unpaired) electrons. The Morgan fingerprint density at radius 3 is 2.76 bits per heavy atom. The van der Waals surface area contributed by atoms with Crippen LogP contribution in [0.1, 0.15) is 26.5 Å². The molecule has 17 heavy (non-hydrogen) atoms. The van der Waals surface area contributed by atoms with E-state index in [-0.39, 0.29) is 6.09 Å². The molecule has 1 aliphatic rings. The van der Waals surface area contributed by atoms with Gasteiger partial charge in [0.1, 0.15) is 5.60 Å². The molecule has 2 rings (SSSR count). The number of halogens is 1. The second-order valence-electron chi connectivity index (χ2n) is 5.24. The van der Waals surface area contributed by atoms with Crippen LogP contribution in [-0.4, -0.2) is 27.7 Å². The Morgan fingerprint density at radius 2 is 2.12 bits per heavy atom. The summed E-state index contributed by atoms with van der Waals surface area (Å²) in [6, 6.07) is 2.11. The number of rotatable bonds is 0. The van der Waals surface area contributed by atoms with E-state index in [0.717, 1.165) is 6.54 Å². The molecule has 4 nitrogen and oxygen atoms in total. The summed E-state index contributed by atoms with van der Waals surface area (Å²) in [6.45, 7) is 7.86. The molecule has 1 aromatic heterocycles. The molecule has 5 heteroatoms. The SMILES string of the molecule is CC(C)(C)OC(=O)N1CCn2cc(I)cc2C1. The van der Waals surface area contributed by atoms with Gasteiger partial charge >= 0.3 is 6.09 Å². The van der Waals surface area contributed by atoms with Crippen molar-refractivity contribution >= 4 is 28.7 Å². The van der Waals surface area contributed by atoms with Crippen molar-refractivity contribution in [3.63, 3.8) is 0 Å². The number of ether oxygens (including phenoxy) is 1. The summed E-state index contributed by atoms with van der Waals surface area (Å²) >= 11 is 2.29. The number of nitrogens with zero attached hydrogens (tertiary/aromatic N) is 2. The summed E-state index contributed by atoms with van der Waals surface area (Å²) < 4.78 is 8.78. The maximum atomic E-state index is 11.9. The number of carbonyl (C=O) groups excluding carboxylic acids is 1. The highest BCUT2D eigenvalue weighted by molar-refractivity contribution is 14.1. The standard InChI is InChI=1S/C12H17IN2O2/c1-12(2,3)17-11(16)15-5-4-14-7-9(13)6-10(14)8-15/h6-7H,4-5,8H2,1-3H3. The highest BCUT2D eigenvalue weighted by Crippen LogP contribution is 2.19. The zero-order valence-corrected chi connectivity index (χ0v) is 12.5. The molecule has 0 aliphatic carbocycles. The van der Waals surface area contributed by atoms with Gasteiger partial charge in [-0.25, -0.2) is 4.79 Å². The van der Waals surface area contributed by atoms with E-state index in [1.54, 1.807) is 4.90 Å².